The van der Waals surface area contributed by atoms with E-state index in [2.05, 4.69) is 15.7 Å². The summed E-state index contributed by atoms with van der Waals surface area (Å²) in [4.78, 5) is 25.6. The molecule has 0 radical (unpaired) electrons. The molecule has 4 aromatic rings. The van der Waals surface area contributed by atoms with Crippen molar-refractivity contribution >= 4 is 32.7 Å². The Kier molecular flexibility index (Phi) is 5.84. The second-order valence-corrected chi connectivity index (χ2v) is 11.7. The molecule has 10 nitrogen and oxygen atoms in total. The Hall–Kier alpha value is -3.96. The van der Waals surface area contributed by atoms with Crippen LogP contribution >= 0.6 is 0 Å². The van der Waals surface area contributed by atoms with Gasteiger partial charge >= 0.3 is 0 Å². The maximum Gasteiger partial charge on any atom is 0.271 e. The summed E-state index contributed by atoms with van der Waals surface area (Å²) in [6.07, 6.45) is 1.54. The first kappa shape index (κ1) is 24.4. The molecule has 6 rings (SSSR count). The minimum Gasteiger partial charge on any atom is -0.381 e. The molecule has 2 unspecified atom stereocenters. The van der Waals surface area contributed by atoms with Gasteiger partial charge in [-0.2, -0.15) is 5.10 Å². The number of benzene rings is 2. The first-order valence-corrected chi connectivity index (χ1v) is 13.8. The number of ether oxygens (including phenoxy) is 1. The Labute approximate surface area is 219 Å². The molecular weight excluding hydrogens is 506 g/mol. The molecule has 38 heavy (non-hydrogen) atoms. The highest BCUT2D eigenvalue weighted by atomic mass is 32.2. The van der Waals surface area contributed by atoms with Crippen molar-refractivity contribution in [2.45, 2.75) is 24.4 Å². The molecule has 1 saturated heterocycles. The van der Waals surface area contributed by atoms with Gasteiger partial charge in [0.05, 0.1) is 30.2 Å². The van der Waals surface area contributed by atoms with Gasteiger partial charge in [0.2, 0.25) is 0 Å². The van der Waals surface area contributed by atoms with Crippen LogP contribution in [0.1, 0.15) is 32.1 Å². The molecular formula is C27H27N5O5S. The molecule has 2 aliphatic rings. The molecule has 1 aliphatic carbocycles. The van der Waals surface area contributed by atoms with Crippen LogP contribution in [0.4, 0.5) is 0 Å². The molecule has 1 aliphatic heterocycles. The summed E-state index contributed by atoms with van der Waals surface area (Å²) in [6.45, 7) is 3.43. The molecule has 2 aromatic carbocycles. The summed E-state index contributed by atoms with van der Waals surface area (Å²) >= 11 is 0. The summed E-state index contributed by atoms with van der Waals surface area (Å²) in [6, 6.07) is 15.5. The standard InChI is InChI=1S/C27H27N5O5S/c1-16-3-6-19(7-4-16)38(35,36)32-10-9-18-11-17(5-8-23(18)32)13-31-24(12-22(30-31)26(33)28-2)27(34)29-25-20-14-37-15-21(20)25/h3-12,20-21,25H,13-15H2,1-2H3,(H,28,33)(H,29,34). The van der Waals surface area contributed by atoms with Gasteiger partial charge in [-0.05, 0) is 42.8 Å². The van der Waals surface area contributed by atoms with E-state index >= 15 is 0 Å². The SMILES string of the molecule is CNC(=O)c1cc(C(=O)NC2C3COCC32)n(Cc2ccc3c(ccn3S(=O)(=O)c3ccc(C)cc3)c2)n1. The lowest BCUT2D eigenvalue weighted by molar-refractivity contribution is 0.0917. The maximum absolute atomic E-state index is 13.2. The number of nitrogens with zero attached hydrogens (tertiary/aromatic N) is 3. The van der Waals surface area contributed by atoms with Crippen molar-refractivity contribution in [2.75, 3.05) is 20.3 Å². The van der Waals surface area contributed by atoms with Crippen molar-refractivity contribution in [1.29, 1.82) is 0 Å². The Bertz CT molecular complexity index is 1660. The van der Waals surface area contributed by atoms with Crippen molar-refractivity contribution in [2.24, 2.45) is 11.8 Å². The monoisotopic (exact) mass is 533 g/mol. The number of fused-ring (bicyclic) bond motifs is 2. The number of rotatable bonds is 7. The number of aryl methyl sites for hydroxylation is 1. The third-order valence-corrected chi connectivity index (χ3v) is 9.06. The third kappa shape index (κ3) is 4.17. The van der Waals surface area contributed by atoms with Crippen molar-refractivity contribution in [1.82, 2.24) is 24.4 Å². The first-order chi connectivity index (χ1) is 18.3. The van der Waals surface area contributed by atoms with E-state index in [4.69, 9.17) is 4.74 Å². The highest BCUT2D eigenvalue weighted by Crippen LogP contribution is 2.44. The van der Waals surface area contributed by atoms with Crippen LogP contribution < -0.4 is 10.6 Å². The van der Waals surface area contributed by atoms with Crippen LogP contribution in [0.15, 0.2) is 65.7 Å². The second-order valence-electron chi connectivity index (χ2n) is 9.84. The predicted octanol–water partition coefficient (Wildman–Crippen LogP) is 2.17. The summed E-state index contributed by atoms with van der Waals surface area (Å²) in [7, 11) is -2.25. The highest BCUT2D eigenvalue weighted by Gasteiger charge is 2.55. The van der Waals surface area contributed by atoms with Gasteiger partial charge in [-0.3, -0.25) is 14.3 Å². The molecule has 1 saturated carbocycles. The van der Waals surface area contributed by atoms with Crippen molar-refractivity contribution < 1.29 is 22.7 Å². The average molecular weight is 534 g/mol. The lowest BCUT2D eigenvalue weighted by Crippen LogP contribution is -2.31. The van der Waals surface area contributed by atoms with Gasteiger partial charge in [-0.1, -0.05) is 23.8 Å². The van der Waals surface area contributed by atoms with Gasteiger partial charge in [0.25, 0.3) is 21.8 Å². The Morgan fingerprint density at radius 2 is 1.76 bits per heavy atom. The van der Waals surface area contributed by atoms with E-state index in [-0.39, 0.29) is 40.7 Å². The number of nitrogens with one attached hydrogen (secondary N) is 2. The van der Waals surface area contributed by atoms with Crippen LogP contribution in [0.3, 0.4) is 0 Å². The number of aromatic nitrogens is 3. The zero-order valence-corrected chi connectivity index (χ0v) is 21.7. The van der Waals surface area contributed by atoms with Gasteiger partial charge in [-0.15, -0.1) is 0 Å². The first-order valence-electron chi connectivity index (χ1n) is 12.4. The Morgan fingerprint density at radius 1 is 1.03 bits per heavy atom. The van der Waals surface area contributed by atoms with Crippen LogP contribution in [0.5, 0.6) is 0 Å². The Morgan fingerprint density at radius 3 is 2.47 bits per heavy atom. The predicted molar refractivity (Wildman–Crippen MR) is 139 cm³/mol. The summed E-state index contributed by atoms with van der Waals surface area (Å²) in [5, 5.41) is 10.7. The molecule has 2 N–H and O–H groups in total. The summed E-state index contributed by atoms with van der Waals surface area (Å²) in [5.41, 5.74) is 2.76. The van der Waals surface area contributed by atoms with Crippen LogP contribution in [-0.4, -0.2) is 60.3 Å². The number of carbonyl (C=O) groups excluding carboxylic acids is 2. The molecule has 196 valence electrons. The van der Waals surface area contributed by atoms with Gasteiger partial charge in [0.1, 0.15) is 5.69 Å². The van der Waals surface area contributed by atoms with E-state index in [1.165, 1.54) is 28.0 Å². The van der Waals surface area contributed by atoms with Gasteiger partial charge in [0, 0.05) is 42.6 Å². The van der Waals surface area contributed by atoms with E-state index in [1.54, 1.807) is 42.5 Å². The van der Waals surface area contributed by atoms with Crippen molar-refractivity contribution in [3.8, 4) is 0 Å². The normalized spacial score (nSPS) is 20.3. The summed E-state index contributed by atoms with van der Waals surface area (Å²) in [5.74, 6) is 0.0135. The molecule has 0 bridgehead atoms. The Balaban J connectivity index is 1.28. The minimum absolute atomic E-state index is 0.0784. The molecule has 2 aromatic heterocycles. The van der Waals surface area contributed by atoms with E-state index in [9.17, 15) is 18.0 Å². The van der Waals surface area contributed by atoms with Crippen LogP contribution in [-0.2, 0) is 21.3 Å². The van der Waals surface area contributed by atoms with Crippen molar-refractivity contribution in [3.05, 3.63) is 83.3 Å². The molecule has 0 spiro atoms. The maximum atomic E-state index is 13.2. The van der Waals surface area contributed by atoms with Gasteiger partial charge in [0.15, 0.2) is 5.69 Å². The van der Waals surface area contributed by atoms with E-state index in [0.29, 0.717) is 30.6 Å². The zero-order valence-electron chi connectivity index (χ0n) is 20.9. The number of amides is 2. The zero-order chi connectivity index (χ0) is 26.6. The minimum atomic E-state index is -3.76. The average Bonchev–Trinajstić information content (AvgIpc) is 3.38. The van der Waals surface area contributed by atoms with E-state index in [0.717, 1.165) is 16.5 Å². The quantitative estimate of drug-likeness (QED) is 0.375. The fourth-order valence-corrected chi connectivity index (χ4v) is 6.46. The topological polar surface area (TPSA) is 124 Å². The molecule has 2 atom stereocenters. The fraction of sp³-hybridized carbons (Fsp3) is 0.296. The lowest BCUT2D eigenvalue weighted by atomic mass is 10.1. The highest BCUT2D eigenvalue weighted by molar-refractivity contribution is 7.90. The van der Waals surface area contributed by atoms with Gasteiger partial charge in [-0.25, -0.2) is 12.4 Å². The second kappa shape index (κ2) is 9.10. The molecule has 3 heterocycles. The number of hydrogen-bond donors (Lipinski definition) is 2. The largest absolute Gasteiger partial charge is 0.381 e. The molecule has 2 amide bonds. The van der Waals surface area contributed by atoms with Crippen LogP contribution in [0, 0.1) is 18.8 Å². The fourth-order valence-electron chi connectivity index (χ4n) is 5.11. The van der Waals surface area contributed by atoms with Crippen molar-refractivity contribution in [3.63, 3.8) is 0 Å². The lowest BCUT2D eigenvalue weighted by Gasteiger charge is -2.11. The van der Waals surface area contributed by atoms with Crippen LogP contribution in [0.25, 0.3) is 10.9 Å². The molecule has 2 fully saturated rings. The van der Waals surface area contributed by atoms with Gasteiger partial charge < -0.3 is 15.4 Å². The van der Waals surface area contributed by atoms with E-state index < -0.39 is 10.0 Å². The van der Waals surface area contributed by atoms with E-state index in [1.807, 2.05) is 13.0 Å². The van der Waals surface area contributed by atoms with Crippen LogP contribution in [0.2, 0.25) is 0 Å². The smallest absolute Gasteiger partial charge is 0.271 e. The summed E-state index contributed by atoms with van der Waals surface area (Å²) < 4.78 is 34.6. The number of hydrogen-bond acceptors (Lipinski definition) is 6. The number of carbonyl (C=O) groups is 2. The molecule has 11 heteroatoms. The third-order valence-electron chi connectivity index (χ3n) is 7.35.